The Bertz CT molecular complexity index is 860. The van der Waals surface area contributed by atoms with Crippen molar-refractivity contribution in [2.24, 2.45) is 0 Å². The highest BCUT2D eigenvalue weighted by Gasteiger charge is 2.18. The van der Waals surface area contributed by atoms with Crippen molar-refractivity contribution in [3.8, 4) is 0 Å². The predicted octanol–water partition coefficient (Wildman–Crippen LogP) is 3.94. The Balaban J connectivity index is 2.03. The van der Waals surface area contributed by atoms with Crippen LogP contribution in [0, 0.1) is 5.82 Å². The summed E-state index contributed by atoms with van der Waals surface area (Å²) in [5.41, 5.74) is 2.10. The zero-order valence-corrected chi connectivity index (χ0v) is 12.6. The zero-order valence-electron chi connectivity index (χ0n) is 11.8. The molecular weight excluding hydrogens is 305 g/mol. The van der Waals surface area contributed by atoms with Gasteiger partial charge < -0.3 is 5.32 Å². The van der Waals surface area contributed by atoms with Gasteiger partial charge in [0.05, 0.1) is 5.69 Å². The molecule has 6 heteroatoms. The van der Waals surface area contributed by atoms with Gasteiger partial charge in [0.15, 0.2) is 0 Å². The Morgan fingerprint density at radius 2 is 2.18 bits per heavy atom. The number of hydrogen-bond acceptors (Lipinski definition) is 2. The molecule has 22 heavy (non-hydrogen) atoms. The van der Waals surface area contributed by atoms with E-state index in [4.69, 9.17) is 11.6 Å². The predicted molar refractivity (Wildman–Crippen MR) is 83.9 cm³/mol. The first-order valence-electron chi connectivity index (χ1n) is 6.82. The third-order valence-electron chi connectivity index (χ3n) is 3.29. The fraction of sp³-hybridized carbons (Fsp3) is 0.125. The van der Waals surface area contributed by atoms with E-state index in [9.17, 15) is 9.18 Å². The van der Waals surface area contributed by atoms with E-state index in [1.807, 2.05) is 6.92 Å². The number of fused-ring (bicyclic) bond motifs is 1. The molecule has 0 saturated carbocycles. The third kappa shape index (κ3) is 2.67. The van der Waals surface area contributed by atoms with Crippen molar-refractivity contribution >= 4 is 28.8 Å². The molecule has 1 N–H and O–H groups in total. The summed E-state index contributed by atoms with van der Waals surface area (Å²) in [5.74, 6) is -0.740. The number of imidazole rings is 1. The average Bonchev–Trinajstić information content (AvgIpc) is 2.84. The van der Waals surface area contributed by atoms with Crippen molar-refractivity contribution in [3.63, 3.8) is 0 Å². The average molecular weight is 318 g/mol. The number of carbonyl (C=O) groups excluding carboxylic acids is 1. The van der Waals surface area contributed by atoms with Gasteiger partial charge in [-0.3, -0.25) is 9.20 Å². The van der Waals surface area contributed by atoms with Crippen LogP contribution >= 0.6 is 11.6 Å². The molecule has 4 nitrogen and oxygen atoms in total. The van der Waals surface area contributed by atoms with Crippen molar-refractivity contribution in [2.75, 3.05) is 5.32 Å². The number of aromatic nitrogens is 2. The molecule has 0 atom stereocenters. The maximum atomic E-state index is 13.2. The molecule has 0 fully saturated rings. The number of anilines is 1. The molecule has 0 bridgehead atoms. The zero-order chi connectivity index (χ0) is 15.7. The van der Waals surface area contributed by atoms with Crippen molar-refractivity contribution in [1.82, 2.24) is 9.38 Å². The molecule has 0 unspecified atom stereocenters. The molecule has 1 amide bonds. The van der Waals surface area contributed by atoms with Gasteiger partial charge in [0.2, 0.25) is 0 Å². The lowest BCUT2D eigenvalue weighted by Crippen LogP contribution is -2.16. The van der Waals surface area contributed by atoms with Gasteiger partial charge in [-0.25, -0.2) is 9.37 Å². The number of aryl methyl sites for hydroxylation is 1. The van der Waals surface area contributed by atoms with Crippen LogP contribution in [0.1, 0.15) is 23.1 Å². The molecule has 0 saturated heterocycles. The second kappa shape index (κ2) is 5.77. The number of nitrogens with one attached hydrogen (secondary N) is 1. The van der Waals surface area contributed by atoms with Crippen molar-refractivity contribution < 1.29 is 9.18 Å². The van der Waals surface area contributed by atoms with Crippen molar-refractivity contribution in [1.29, 1.82) is 0 Å². The Morgan fingerprint density at radius 1 is 1.36 bits per heavy atom. The molecule has 2 aromatic heterocycles. The Labute approximate surface area is 131 Å². The molecule has 0 spiro atoms. The van der Waals surface area contributed by atoms with E-state index in [1.54, 1.807) is 34.9 Å². The Hall–Kier alpha value is -2.40. The number of benzene rings is 1. The first-order valence-corrected chi connectivity index (χ1v) is 7.19. The maximum Gasteiger partial charge on any atom is 0.274 e. The van der Waals surface area contributed by atoms with Crippen LogP contribution in [0.3, 0.4) is 0 Å². The van der Waals surface area contributed by atoms with Gasteiger partial charge in [0, 0.05) is 23.0 Å². The first-order chi connectivity index (χ1) is 10.6. The standard InChI is InChI=1S/C16H13ClFN3O/c1-2-13-15(21-7-6-10(17)8-14(21)20-13)16(22)19-12-5-3-4-11(18)9-12/h3-9H,2H2,1H3,(H,19,22). The van der Waals surface area contributed by atoms with Gasteiger partial charge >= 0.3 is 0 Å². The van der Waals surface area contributed by atoms with Gasteiger partial charge in [0.1, 0.15) is 17.2 Å². The van der Waals surface area contributed by atoms with Crippen LogP contribution in [-0.2, 0) is 6.42 Å². The van der Waals surface area contributed by atoms with Crippen LogP contribution in [-0.4, -0.2) is 15.3 Å². The van der Waals surface area contributed by atoms with E-state index in [-0.39, 0.29) is 5.91 Å². The smallest absolute Gasteiger partial charge is 0.274 e. The maximum absolute atomic E-state index is 13.2. The summed E-state index contributed by atoms with van der Waals surface area (Å²) in [6, 6.07) is 9.15. The summed E-state index contributed by atoms with van der Waals surface area (Å²) in [5, 5.41) is 3.25. The second-order valence-corrected chi connectivity index (χ2v) is 5.23. The molecule has 0 aliphatic heterocycles. The van der Waals surface area contributed by atoms with Crippen LogP contribution in [0.15, 0.2) is 42.6 Å². The summed E-state index contributed by atoms with van der Waals surface area (Å²) >= 11 is 5.95. The highest BCUT2D eigenvalue weighted by Crippen LogP contribution is 2.19. The van der Waals surface area contributed by atoms with Crippen LogP contribution in [0.2, 0.25) is 5.02 Å². The highest BCUT2D eigenvalue weighted by molar-refractivity contribution is 6.30. The second-order valence-electron chi connectivity index (χ2n) is 4.80. The number of halogens is 2. The number of hydrogen-bond donors (Lipinski definition) is 1. The van der Waals surface area contributed by atoms with E-state index in [1.165, 1.54) is 12.1 Å². The quantitative estimate of drug-likeness (QED) is 0.795. The molecule has 3 rings (SSSR count). The summed E-state index contributed by atoms with van der Waals surface area (Å²) in [7, 11) is 0. The monoisotopic (exact) mass is 317 g/mol. The first kappa shape index (κ1) is 14.5. The highest BCUT2D eigenvalue weighted by atomic mass is 35.5. The number of carbonyl (C=O) groups is 1. The largest absolute Gasteiger partial charge is 0.321 e. The summed E-state index contributed by atoms with van der Waals surface area (Å²) in [4.78, 5) is 17.0. The molecule has 112 valence electrons. The molecule has 0 aliphatic carbocycles. The summed E-state index contributed by atoms with van der Waals surface area (Å²) in [6.45, 7) is 1.92. The van der Waals surface area contributed by atoms with Gasteiger partial charge in [-0.2, -0.15) is 0 Å². The molecule has 3 aromatic rings. The lowest BCUT2D eigenvalue weighted by atomic mass is 10.2. The minimum Gasteiger partial charge on any atom is -0.321 e. The van der Waals surface area contributed by atoms with E-state index in [2.05, 4.69) is 10.3 Å². The van der Waals surface area contributed by atoms with E-state index in [0.717, 1.165) is 0 Å². The number of rotatable bonds is 3. The van der Waals surface area contributed by atoms with Crippen molar-refractivity contribution in [2.45, 2.75) is 13.3 Å². The number of nitrogens with zero attached hydrogens (tertiary/aromatic N) is 2. The lowest BCUT2D eigenvalue weighted by Gasteiger charge is -2.06. The molecule has 0 radical (unpaired) electrons. The van der Waals surface area contributed by atoms with Gasteiger partial charge in [0.25, 0.3) is 5.91 Å². The van der Waals surface area contributed by atoms with Crippen molar-refractivity contribution in [3.05, 3.63) is 64.8 Å². The van der Waals surface area contributed by atoms with E-state index < -0.39 is 5.82 Å². The molecule has 1 aromatic carbocycles. The minimum absolute atomic E-state index is 0.336. The molecular formula is C16H13ClFN3O. The molecule has 2 heterocycles. The van der Waals surface area contributed by atoms with Crippen LogP contribution in [0.5, 0.6) is 0 Å². The Kier molecular flexibility index (Phi) is 3.81. The normalized spacial score (nSPS) is 10.9. The Morgan fingerprint density at radius 3 is 2.91 bits per heavy atom. The molecule has 0 aliphatic rings. The lowest BCUT2D eigenvalue weighted by molar-refractivity contribution is 0.102. The summed E-state index contributed by atoms with van der Waals surface area (Å²) < 4.78 is 14.9. The van der Waals surface area contributed by atoms with E-state index in [0.29, 0.717) is 34.2 Å². The van der Waals surface area contributed by atoms with Gasteiger partial charge in [-0.15, -0.1) is 0 Å². The van der Waals surface area contributed by atoms with Crippen LogP contribution < -0.4 is 5.32 Å². The van der Waals surface area contributed by atoms with E-state index >= 15 is 0 Å². The fourth-order valence-electron chi connectivity index (χ4n) is 2.31. The van der Waals surface area contributed by atoms with Crippen LogP contribution in [0.4, 0.5) is 10.1 Å². The van der Waals surface area contributed by atoms with Crippen LogP contribution in [0.25, 0.3) is 5.65 Å². The van der Waals surface area contributed by atoms with Gasteiger partial charge in [-0.05, 0) is 30.7 Å². The SMILES string of the molecule is CCc1nc2cc(Cl)ccn2c1C(=O)Nc1cccc(F)c1. The number of pyridine rings is 1. The summed E-state index contributed by atoms with van der Waals surface area (Å²) in [6.07, 6.45) is 2.30. The third-order valence-corrected chi connectivity index (χ3v) is 3.53. The topological polar surface area (TPSA) is 46.4 Å². The van der Waals surface area contributed by atoms with Gasteiger partial charge in [-0.1, -0.05) is 24.6 Å². The minimum atomic E-state index is -0.404. The fourth-order valence-corrected chi connectivity index (χ4v) is 2.47. The number of amides is 1.